The fourth-order valence-corrected chi connectivity index (χ4v) is 2.47. The van der Waals surface area contributed by atoms with Crippen molar-refractivity contribution in [3.63, 3.8) is 0 Å². The summed E-state index contributed by atoms with van der Waals surface area (Å²) in [7, 11) is 1.45. The van der Waals surface area contributed by atoms with Crippen molar-refractivity contribution < 1.29 is 24.2 Å². The van der Waals surface area contributed by atoms with Crippen LogP contribution in [0, 0.1) is 0 Å². The number of methoxy groups -OCH3 is 1. The average Bonchev–Trinajstić information content (AvgIpc) is 2.75. The third kappa shape index (κ3) is 4.98. The fraction of sp³-hybridized carbons (Fsp3) is 0.0455. The van der Waals surface area contributed by atoms with E-state index in [1.54, 1.807) is 54.6 Å². The van der Waals surface area contributed by atoms with E-state index in [-0.39, 0.29) is 17.1 Å². The molecule has 0 aromatic heterocycles. The summed E-state index contributed by atoms with van der Waals surface area (Å²) in [5.41, 5.74) is 3.49. The Bertz CT molecular complexity index is 1050. The number of hydrogen-bond donors (Lipinski definition) is 2. The first-order valence-electron chi connectivity index (χ1n) is 8.65. The van der Waals surface area contributed by atoms with Crippen LogP contribution in [0.3, 0.4) is 0 Å². The molecule has 0 fully saturated rings. The first kappa shape index (κ1) is 19.6. The van der Waals surface area contributed by atoms with Gasteiger partial charge in [0, 0.05) is 0 Å². The maximum atomic E-state index is 12.2. The Balaban J connectivity index is 1.68. The van der Waals surface area contributed by atoms with Crippen LogP contribution in [0.25, 0.3) is 0 Å². The van der Waals surface area contributed by atoms with E-state index < -0.39 is 11.9 Å². The number of para-hydroxylation sites is 1. The van der Waals surface area contributed by atoms with Gasteiger partial charge in [0.25, 0.3) is 5.91 Å². The van der Waals surface area contributed by atoms with Crippen molar-refractivity contribution in [3.8, 4) is 17.2 Å². The van der Waals surface area contributed by atoms with Crippen LogP contribution in [0.5, 0.6) is 17.2 Å². The normalized spacial score (nSPS) is 10.5. The largest absolute Gasteiger partial charge is 0.507 e. The molecule has 1 amide bonds. The molecule has 0 bridgehead atoms. The Morgan fingerprint density at radius 3 is 2.41 bits per heavy atom. The van der Waals surface area contributed by atoms with Gasteiger partial charge in [-0.15, -0.1) is 0 Å². The highest BCUT2D eigenvalue weighted by atomic mass is 16.6. The molecular weight excluding hydrogens is 372 g/mol. The minimum absolute atomic E-state index is 0.116. The molecule has 3 rings (SSSR count). The monoisotopic (exact) mass is 390 g/mol. The van der Waals surface area contributed by atoms with Gasteiger partial charge in [-0.1, -0.05) is 30.3 Å². The Kier molecular flexibility index (Phi) is 6.22. The van der Waals surface area contributed by atoms with Crippen molar-refractivity contribution in [3.05, 3.63) is 89.5 Å². The predicted molar refractivity (Wildman–Crippen MR) is 108 cm³/mol. The standard InChI is InChI=1S/C22H18N2O5/c1-28-20-13-15(14-23-24-21(26)17-9-5-6-10-18(17)25)11-12-19(20)29-22(27)16-7-3-2-4-8-16/h2-14,25H,1H3,(H,24,26)/b23-14+. The molecule has 0 unspecified atom stereocenters. The van der Waals surface area contributed by atoms with E-state index in [4.69, 9.17) is 9.47 Å². The molecule has 3 aromatic carbocycles. The molecule has 0 atom stereocenters. The lowest BCUT2D eigenvalue weighted by molar-refractivity contribution is 0.0729. The van der Waals surface area contributed by atoms with E-state index in [9.17, 15) is 14.7 Å². The molecule has 0 radical (unpaired) electrons. The number of amides is 1. The molecule has 0 aliphatic carbocycles. The fourth-order valence-electron chi connectivity index (χ4n) is 2.47. The predicted octanol–water partition coefficient (Wildman–Crippen LogP) is 3.38. The van der Waals surface area contributed by atoms with Crippen molar-refractivity contribution in [1.29, 1.82) is 0 Å². The van der Waals surface area contributed by atoms with Crippen molar-refractivity contribution in [2.24, 2.45) is 5.10 Å². The van der Waals surface area contributed by atoms with E-state index in [1.165, 1.54) is 25.5 Å². The van der Waals surface area contributed by atoms with Crippen LogP contribution in [0.2, 0.25) is 0 Å². The number of phenolic OH excluding ortho intramolecular Hbond substituents is 1. The molecule has 7 nitrogen and oxygen atoms in total. The third-order valence-electron chi connectivity index (χ3n) is 3.93. The number of ether oxygens (including phenoxy) is 2. The smallest absolute Gasteiger partial charge is 0.343 e. The van der Waals surface area contributed by atoms with E-state index in [2.05, 4.69) is 10.5 Å². The number of hydrazone groups is 1. The first-order valence-corrected chi connectivity index (χ1v) is 8.65. The van der Waals surface area contributed by atoms with Crippen LogP contribution in [0.15, 0.2) is 77.9 Å². The molecule has 146 valence electrons. The summed E-state index contributed by atoms with van der Waals surface area (Å²) in [6, 6.07) is 19.6. The zero-order valence-corrected chi connectivity index (χ0v) is 15.5. The second kappa shape index (κ2) is 9.18. The number of aromatic hydroxyl groups is 1. The van der Waals surface area contributed by atoms with E-state index in [0.29, 0.717) is 16.9 Å². The molecule has 7 heteroatoms. The highest BCUT2D eigenvalue weighted by Gasteiger charge is 2.13. The van der Waals surface area contributed by atoms with Gasteiger partial charge in [-0.2, -0.15) is 5.10 Å². The summed E-state index contributed by atoms with van der Waals surface area (Å²) in [6.45, 7) is 0. The molecule has 0 spiro atoms. The summed E-state index contributed by atoms with van der Waals surface area (Å²) in [5.74, 6) is -0.576. The summed E-state index contributed by atoms with van der Waals surface area (Å²) in [6.07, 6.45) is 1.41. The van der Waals surface area contributed by atoms with Gasteiger partial charge >= 0.3 is 5.97 Å². The first-order chi connectivity index (χ1) is 14.1. The average molecular weight is 390 g/mol. The Labute approximate surface area is 167 Å². The Hall–Kier alpha value is -4.13. The summed E-state index contributed by atoms with van der Waals surface area (Å²) in [5, 5.41) is 13.6. The Morgan fingerprint density at radius 1 is 0.966 bits per heavy atom. The molecule has 0 aliphatic heterocycles. The zero-order valence-electron chi connectivity index (χ0n) is 15.5. The van der Waals surface area contributed by atoms with Gasteiger partial charge in [0.2, 0.25) is 0 Å². The number of nitrogens with zero attached hydrogens (tertiary/aromatic N) is 1. The third-order valence-corrected chi connectivity index (χ3v) is 3.93. The topological polar surface area (TPSA) is 97.2 Å². The second-order valence-corrected chi connectivity index (χ2v) is 5.88. The molecular formula is C22H18N2O5. The minimum atomic E-state index is -0.542. The number of hydrogen-bond acceptors (Lipinski definition) is 6. The second-order valence-electron chi connectivity index (χ2n) is 5.88. The lowest BCUT2D eigenvalue weighted by Crippen LogP contribution is -2.17. The highest BCUT2D eigenvalue weighted by molar-refractivity contribution is 5.97. The van der Waals surface area contributed by atoms with Gasteiger partial charge in [-0.3, -0.25) is 4.79 Å². The van der Waals surface area contributed by atoms with E-state index in [0.717, 1.165) is 0 Å². The van der Waals surface area contributed by atoms with Gasteiger partial charge in [0.1, 0.15) is 5.75 Å². The lowest BCUT2D eigenvalue weighted by atomic mass is 10.2. The van der Waals surface area contributed by atoms with Gasteiger partial charge in [0.05, 0.1) is 24.5 Å². The molecule has 3 aromatic rings. The minimum Gasteiger partial charge on any atom is -0.507 e. The number of rotatable bonds is 6. The molecule has 29 heavy (non-hydrogen) atoms. The van der Waals surface area contributed by atoms with Crippen LogP contribution in [0.4, 0.5) is 0 Å². The zero-order chi connectivity index (χ0) is 20.6. The van der Waals surface area contributed by atoms with Gasteiger partial charge in [0.15, 0.2) is 11.5 Å². The van der Waals surface area contributed by atoms with Crippen LogP contribution in [-0.4, -0.2) is 30.3 Å². The number of carbonyl (C=O) groups excluding carboxylic acids is 2. The van der Waals surface area contributed by atoms with Crippen molar-refractivity contribution in [1.82, 2.24) is 5.43 Å². The SMILES string of the molecule is COc1cc(/C=N/NC(=O)c2ccccc2O)ccc1OC(=O)c1ccccc1. The number of nitrogens with one attached hydrogen (secondary N) is 1. The van der Waals surface area contributed by atoms with Crippen molar-refractivity contribution in [2.75, 3.05) is 7.11 Å². The maximum Gasteiger partial charge on any atom is 0.343 e. The quantitative estimate of drug-likeness (QED) is 0.291. The van der Waals surface area contributed by atoms with E-state index in [1.807, 2.05) is 6.07 Å². The number of benzene rings is 3. The van der Waals surface area contributed by atoms with Gasteiger partial charge < -0.3 is 14.6 Å². The van der Waals surface area contributed by atoms with Gasteiger partial charge in [-0.05, 0) is 48.0 Å². The van der Waals surface area contributed by atoms with Crippen molar-refractivity contribution >= 4 is 18.1 Å². The van der Waals surface area contributed by atoms with Gasteiger partial charge in [-0.25, -0.2) is 10.2 Å². The van der Waals surface area contributed by atoms with E-state index >= 15 is 0 Å². The molecule has 0 aliphatic rings. The number of carbonyl (C=O) groups is 2. The van der Waals surface area contributed by atoms with Crippen molar-refractivity contribution in [2.45, 2.75) is 0 Å². The summed E-state index contributed by atoms with van der Waals surface area (Å²) >= 11 is 0. The summed E-state index contributed by atoms with van der Waals surface area (Å²) in [4.78, 5) is 24.2. The van der Waals surface area contributed by atoms with Crippen LogP contribution >= 0.6 is 0 Å². The highest BCUT2D eigenvalue weighted by Crippen LogP contribution is 2.28. The Morgan fingerprint density at radius 2 is 1.69 bits per heavy atom. The molecule has 0 heterocycles. The molecule has 0 saturated carbocycles. The van der Waals surface area contributed by atoms with Crippen LogP contribution in [0.1, 0.15) is 26.3 Å². The van der Waals surface area contributed by atoms with Crippen LogP contribution < -0.4 is 14.9 Å². The number of esters is 1. The molecule has 2 N–H and O–H groups in total. The lowest BCUT2D eigenvalue weighted by Gasteiger charge is -2.10. The molecule has 0 saturated heterocycles. The van der Waals surface area contributed by atoms with Crippen LogP contribution in [-0.2, 0) is 0 Å². The summed E-state index contributed by atoms with van der Waals surface area (Å²) < 4.78 is 10.7. The maximum absolute atomic E-state index is 12.2. The number of phenols is 1.